The van der Waals surface area contributed by atoms with Crippen LogP contribution in [0.5, 0.6) is 11.6 Å². The molecule has 0 radical (unpaired) electrons. The van der Waals surface area contributed by atoms with Crippen LogP contribution < -0.4 is 4.74 Å². The molecule has 1 aliphatic carbocycles. The molecule has 0 amide bonds. The van der Waals surface area contributed by atoms with Gasteiger partial charge in [0.05, 0.1) is 11.7 Å². The highest BCUT2D eigenvalue weighted by molar-refractivity contribution is 5.65. The number of ether oxygens (including phenoxy) is 1. The summed E-state index contributed by atoms with van der Waals surface area (Å²) in [5.74, 6) is 2.30. The van der Waals surface area contributed by atoms with E-state index in [1.807, 2.05) is 55.1 Å². The van der Waals surface area contributed by atoms with Crippen molar-refractivity contribution in [3.63, 3.8) is 0 Å². The maximum absolute atomic E-state index is 10.1. The van der Waals surface area contributed by atoms with Crippen molar-refractivity contribution in [1.29, 1.82) is 0 Å². The molecule has 0 saturated heterocycles. The molecule has 1 atom stereocenters. The van der Waals surface area contributed by atoms with E-state index in [-0.39, 0.29) is 6.10 Å². The second-order valence-corrected chi connectivity index (χ2v) is 8.53. The van der Waals surface area contributed by atoms with Crippen molar-refractivity contribution in [2.24, 2.45) is 13.0 Å². The zero-order valence-electron chi connectivity index (χ0n) is 18.1. The number of aliphatic hydroxyl groups is 1. The van der Waals surface area contributed by atoms with Gasteiger partial charge in [-0.3, -0.25) is 4.90 Å². The summed E-state index contributed by atoms with van der Waals surface area (Å²) in [6.07, 6.45) is 2.19. The first-order valence-corrected chi connectivity index (χ1v) is 10.8. The number of rotatable bonds is 9. The third kappa shape index (κ3) is 5.10. The molecule has 0 spiro atoms. The molecule has 1 aliphatic rings. The average molecular weight is 406 g/mol. The van der Waals surface area contributed by atoms with E-state index < -0.39 is 0 Å². The molecule has 0 aliphatic heterocycles. The lowest BCUT2D eigenvalue weighted by Crippen LogP contribution is -2.32. The minimum atomic E-state index is -0.373. The second kappa shape index (κ2) is 9.02. The van der Waals surface area contributed by atoms with Crippen molar-refractivity contribution in [1.82, 2.24) is 14.7 Å². The van der Waals surface area contributed by atoms with Crippen molar-refractivity contribution < 1.29 is 9.84 Å². The van der Waals surface area contributed by atoms with E-state index in [1.165, 1.54) is 12.8 Å². The number of benzene rings is 2. The van der Waals surface area contributed by atoms with Gasteiger partial charge in [-0.2, -0.15) is 5.10 Å². The summed E-state index contributed by atoms with van der Waals surface area (Å²) in [4.78, 5) is 2.34. The Balaban J connectivity index is 1.72. The molecule has 30 heavy (non-hydrogen) atoms. The minimum absolute atomic E-state index is 0.373. The molecule has 3 aromatic rings. The number of aliphatic hydroxyl groups excluding tert-OH is 1. The molecule has 5 heteroatoms. The Morgan fingerprint density at radius 2 is 1.93 bits per heavy atom. The Hall–Kier alpha value is -2.63. The summed E-state index contributed by atoms with van der Waals surface area (Å²) in [5.41, 5.74) is 4.23. The van der Waals surface area contributed by atoms with Gasteiger partial charge in [0, 0.05) is 32.2 Å². The fourth-order valence-corrected chi connectivity index (χ4v) is 3.91. The van der Waals surface area contributed by atoms with Crippen LogP contribution in [0.4, 0.5) is 0 Å². The Morgan fingerprint density at radius 3 is 2.60 bits per heavy atom. The second-order valence-electron chi connectivity index (χ2n) is 8.53. The van der Waals surface area contributed by atoms with Crippen LogP contribution in [0.25, 0.3) is 11.3 Å². The lowest BCUT2D eigenvalue weighted by molar-refractivity contribution is 0.119. The van der Waals surface area contributed by atoms with Crippen molar-refractivity contribution in [3.05, 3.63) is 65.7 Å². The molecular formula is C25H31N3O2. The van der Waals surface area contributed by atoms with E-state index in [0.717, 1.165) is 46.5 Å². The third-order valence-electron chi connectivity index (χ3n) is 5.46. The van der Waals surface area contributed by atoms with E-state index in [4.69, 9.17) is 9.84 Å². The summed E-state index contributed by atoms with van der Waals surface area (Å²) in [6.45, 7) is 6.25. The fourth-order valence-electron chi connectivity index (χ4n) is 3.91. The van der Waals surface area contributed by atoms with Gasteiger partial charge in [-0.1, -0.05) is 42.5 Å². The van der Waals surface area contributed by atoms with Crippen molar-refractivity contribution in [2.75, 3.05) is 13.1 Å². The lowest BCUT2D eigenvalue weighted by Gasteiger charge is -2.24. The highest BCUT2D eigenvalue weighted by Crippen LogP contribution is 2.36. The van der Waals surface area contributed by atoms with Gasteiger partial charge in [0.1, 0.15) is 11.4 Å². The van der Waals surface area contributed by atoms with Gasteiger partial charge >= 0.3 is 0 Å². The highest BCUT2D eigenvalue weighted by atomic mass is 16.5. The number of aromatic nitrogens is 2. The standard InChI is InChI=1S/C25H31N3O2/c1-18-8-7-11-22(14-18)30-25-23(17-28(15-19(2)29)16-20-12-13-20)24(26-27(25)3)21-9-5-4-6-10-21/h4-11,14,19-20,29H,12-13,15-17H2,1-3H3/t19-/m0/s1. The topological polar surface area (TPSA) is 50.5 Å². The first kappa shape index (κ1) is 20.6. The van der Waals surface area contributed by atoms with E-state index in [0.29, 0.717) is 13.1 Å². The van der Waals surface area contributed by atoms with Crippen LogP contribution >= 0.6 is 0 Å². The molecule has 1 fully saturated rings. The van der Waals surface area contributed by atoms with Crippen LogP contribution in [-0.4, -0.2) is 39.0 Å². The molecule has 1 aromatic heterocycles. The van der Waals surface area contributed by atoms with Gasteiger partial charge in [0.15, 0.2) is 0 Å². The number of hydrogen-bond donors (Lipinski definition) is 1. The monoisotopic (exact) mass is 405 g/mol. The van der Waals surface area contributed by atoms with E-state index in [2.05, 4.69) is 30.0 Å². The van der Waals surface area contributed by atoms with E-state index in [9.17, 15) is 5.11 Å². The first-order chi connectivity index (χ1) is 14.5. The number of aryl methyl sites for hydroxylation is 2. The number of hydrogen-bond acceptors (Lipinski definition) is 4. The van der Waals surface area contributed by atoms with Crippen molar-refractivity contribution in [3.8, 4) is 22.9 Å². The molecule has 5 nitrogen and oxygen atoms in total. The van der Waals surface area contributed by atoms with Crippen LogP contribution in [0, 0.1) is 12.8 Å². The zero-order valence-corrected chi connectivity index (χ0v) is 18.1. The smallest absolute Gasteiger partial charge is 0.222 e. The molecule has 0 bridgehead atoms. The molecule has 1 heterocycles. The van der Waals surface area contributed by atoms with Gasteiger partial charge in [0.25, 0.3) is 0 Å². The van der Waals surface area contributed by atoms with Crippen molar-refractivity contribution >= 4 is 0 Å². The maximum atomic E-state index is 10.1. The summed E-state index contributed by atoms with van der Waals surface area (Å²) in [7, 11) is 1.93. The molecule has 0 unspecified atom stereocenters. The third-order valence-corrected chi connectivity index (χ3v) is 5.46. The van der Waals surface area contributed by atoms with Crippen LogP contribution in [0.2, 0.25) is 0 Å². The molecule has 1 N–H and O–H groups in total. The maximum Gasteiger partial charge on any atom is 0.222 e. The minimum Gasteiger partial charge on any atom is -0.439 e. The van der Waals surface area contributed by atoms with Gasteiger partial charge < -0.3 is 9.84 Å². The quantitative estimate of drug-likeness (QED) is 0.557. The summed E-state index contributed by atoms with van der Waals surface area (Å²) >= 11 is 0. The number of nitrogens with zero attached hydrogens (tertiary/aromatic N) is 3. The van der Waals surface area contributed by atoms with Crippen LogP contribution in [0.15, 0.2) is 54.6 Å². The molecule has 2 aromatic carbocycles. The van der Waals surface area contributed by atoms with Gasteiger partial charge in [-0.25, -0.2) is 4.68 Å². The molecule has 1 saturated carbocycles. The molecule has 158 valence electrons. The first-order valence-electron chi connectivity index (χ1n) is 10.8. The Morgan fingerprint density at radius 1 is 1.17 bits per heavy atom. The van der Waals surface area contributed by atoms with Crippen LogP contribution in [-0.2, 0) is 13.6 Å². The molecule has 4 rings (SSSR count). The summed E-state index contributed by atoms with van der Waals surface area (Å²) < 4.78 is 8.19. The highest BCUT2D eigenvalue weighted by Gasteiger charge is 2.28. The Labute approximate surface area is 178 Å². The fraction of sp³-hybridized carbons (Fsp3) is 0.400. The SMILES string of the molecule is Cc1cccc(Oc2c(CN(CC3CC3)C[C@H](C)O)c(-c3ccccc3)nn2C)c1. The molecular weight excluding hydrogens is 374 g/mol. The lowest BCUT2D eigenvalue weighted by atomic mass is 10.1. The Kier molecular flexibility index (Phi) is 6.21. The predicted octanol–water partition coefficient (Wildman–Crippen LogP) is 4.78. The van der Waals surface area contributed by atoms with Crippen LogP contribution in [0.1, 0.15) is 30.9 Å². The zero-order chi connectivity index (χ0) is 21.1. The van der Waals surface area contributed by atoms with E-state index >= 15 is 0 Å². The summed E-state index contributed by atoms with van der Waals surface area (Å²) in [5, 5.41) is 14.9. The van der Waals surface area contributed by atoms with Gasteiger partial charge in [-0.15, -0.1) is 0 Å². The van der Waals surface area contributed by atoms with Gasteiger partial charge in [-0.05, 0) is 50.3 Å². The normalized spacial score (nSPS) is 14.8. The Bertz CT molecular complexity index is 973. The average Bonchev–Trinajstić information content (AvgIpc) is 3.47. The predicted molar refractivity (Wildman–Crippen MR) is 120 cm³/mol. The summed E-state index contributed by atoms with van der Waals surface area (Å²) in [6, 6.07) is 18.3. The van der Waals surface area contributed by atoms with Crippen molar-refractivity contribution in [2.45, 2.75) is 39.3 Å². The van der Waals surface area contributed by atoms with E-state index in [1.54, 1.807) is 0 Å². The van der Waals surface area contributed by atoms with Crippen LogP contribution in [0.3, 0.4) is 0 Å². The van der Waals surface area contributed by atoms with Gasteiger partial charge in [0.2, 0.25) is 5.88 Å². The largest absolute Gasteiger partial charge is 0.439 e.